The van der Waals surface area contributed by atoms with Crippen molar-refractivity contribution in [2.45, 2.75) is 12.1 Å². The van der Waals surface area contributed by atoms with Crippen LogP contribution in [-0.2, 0) is 12.1 Å². The largest absolute Gasteiger partial charge is 0.377 e. The minimum Gasteiger partial charge on any atom is -0.377 e. The van der Waals surface area contributed by atoms with Gasteiger partial charge < -0.3 is 5.11 Å². The average molecular weight is 410 g/mol. The maximum atomic E-state index is 11.4. The predicted molar refractivity (Wildman–Crippen MR) is 91.6 cm³/mol. The molecule has 0 saturated heterocycles. The second-order valence-electron chi connectivity index (χ2n) is 4.73. The molecule has 5 nitrogen and oxygen atoms in total. The summed E-state index contributed by atoms with van der Waals surface area (Å²) >= 11 is 25.3. The fraction of sp³-hybridized carbons (Fsp3) is 0.154. The first-order chi connectivity index (χ1) is 10.9. The zero-order chi connectivity index (χ0) is 16.6. The maximum Gasteiger partial charge on any atom is 0.161 e. The highest BCUT2D eigenvalue weighted by atomic mass is 35.5. The third kappa shape index (κ3) is 3.33. The molecular formula is C13H8Cl4N4OS. The first kappa shape index (κ1) is 17.0. The fourth-order valence-electron chi connectivity index (χ4n) is 2.15. The van der Waals surface area contributed by atoms with Crippen LogP contribution >= 0.6 is 57.9 Å². The summed E-state index contributed by atoms with van der Waals surface area (Å²) in [6.07, 6.45) is 2.85. The van der Waals surface area contributed by atoms with Gasteiger partial charge in [-0.15, -0.1) is 0 Å². The summed E-state index contributed by atoms with van der Waals surface area (Å²) in [7, 11) is 0. The quantitative estimate of drug-likeness (QED) is 0.698. The van der Waals surface area contributed by atoms with Gasteiger partial charge in [0.1, 0.15) is 18.3 Å². The summed E-state index contributed by atoms with van der Waals surface area (Å²) in [4.78, 5) is 4.25. The van der Waals surface area contributed by atoms with E-state index in [0.29, 0.717) is 20.5 Å². The zero-order valence-corrected chi connectivity index (χ0v) is 15.1. The molecule has 1 aromatic carbocycles. The molecule has 3 aromatic rings. The molecule has 1 unspecified atom stereocenters. The first-order valence-corrected chi connectivity index (χ1v) is 8.51. The van der Waals surface area contributed by atoms with Gasteiger partial charge in [0.05, 0.1) is 16.4 Å². The van der Waals surface area contributed by atoms with Crippen LogP contribution in [0.5, 0.6) is 0 Å². The number of benzene rings is 1. The van der Waals surface area contributed by atoms with Crippen molar-refractivity contribution in [1.82, 2.24) is 19.1 Å². The van der Waals surface area contributed by atoms with E-state index in [2.05, 4.69) is 14.5 Å². The minimum atomic E-state index is -1.57. The molecule has 0 spiro atoms. The summed E-state index contributed by atoms with van der Waals surface area (Å²) in [5.41, 5.74) is -1.11. The molecule has 0 bridgehead atoms. The molecule has 0 aliphatic rings. The van der Waals surface area contributed by atoms with Crippen LogP contribution in [0.3, 0.4) is 0 Å². The van der Waals surface area contributed by atoms with Crippen molar-refractivity contribution in [3.05, 3.63) is 61.5 Å². The molecule has 2 aromatic heterocycles. The molecule has 1 atom stereocenters. The highest BCUT2D eigenvalue weighted by Gasteiger charge is 2.38. The first-order valence-electron chi connectivity index (χ1n) is 6.22. The zero-order valence-electron chi connectivity index (χ0n) is 11.3. The lowest BCUT2D eigenvalue weighted by atomic mass is 9.92. The Labute approximate surface area is 155 Å². The van der Waals surface area contributed by atoms with Crippen LogP contribution in [0.25, 0.3) is 0 Å². The lowest BCUT2D eigenvalue weighted by Crippen LogP contribution is -2.32. The highest BCUT2D eigenvalue weighted by molar-refractivity contribution is 7.07. The molecule has 0 aliphatic heterocycles. The Kier molecular flexibility index (Phi) is 4.83. The van der Waals surface area contributed by atoms with Crippen LogP contribution < -0.4 is 0 Å². The molecule has 0 aliphatic carbocycles. The number of rotatable bonds is 4. The summed E-state index contributed by atoms with van der Waals surface area (Å²) in [6.45, 7) is 0.0436. The molecule has 0 amide bonds. The van der Waals surface area contributed by atoms with Gasteiger partial charge in [-0.2, -0.15) is 9.47 Å². The molecule has 10 heteroatoms. The number of hydrogen-bond acceptors (Lipinski definition) is 5. The van der Waals surface area contributed by atoms with Gasteiger partial charge in [-0.3, -0.25) is 0 Å². The van der Waals surface area contributed by atoms with Crippen LogP contribution in [0.1, 0.15) is 10.4 Å². The average Bonchev–Trinajstić information content (AvgIpc) is 3.09. The van der Waals surface area contributed by atoms with Crippen LogP contribution in [0.2, 0.25) is 20.2 Å². The standard InChI is InChI=1S/C13H8Cl4N4OS/c14-8-1-7(2-9(15)3-8)13(22,4-21-6-18-5-19-21)11-10(16)12(17)20-23-11/h1-3,5-6,22H,4H2. The Hall–Kier alpha value is -0.890. The smallest absolute Gasteiger partial charge is 0.161 e. The number of hydrogen-bond donors (Lipinski definition) is 1. The van der Waals surface area contributed by atoms with Crippen molar-refractivity contribution in [1.29, 1.82) is 0 Å². The summed E-state index contributed by atoms with van der Waals surface area (Å²) in [5, 5.41) is 16.5. The Bertz CT molecular complexity index is 818. The number of aromatic nitrogens is 4. The van der Waals surface area contributed by atoms with Crippen LogP contribution in [-0.4, -0.2) is 24.2 Å². The third-order valence-corrected chi connectivity index (χ3v) is 5.56. The minimum absolute atomic E-state index is 0.0436. The SMILES string of the molecule is OC(Cn1cncn1)(c1cc(Cl)cc(Cl)c1)c1snc(Cl)c1Cl. The summed E-state index contributed by atoms with van der Waals surface area (Å²) in [5.74, 6) is 0. The Morgan fingerprint density at radius 2 is 1.83 bits per heavy atom. The van der Waals surface area contributed by atoms with Crippen molar-refractivity contribution in [2.75, 3.05) is 0 Å². The van der Waals surface area contributed by atoms with Crippen LogP contribution in [0.15, 0.2) is 30.9 Å². The van der Waals surface area contributed by atoms with Gasteiger partial charge in [0.25, 0.3) is 0 Å². The molecule has 2 heterocycles. The van der Waals surface area contributed by atoms with E-state index >= 15 is 0 Å². The molecule has 120 valence electrons. The Morgan fingerprint density at radius 1 is 1.13 bits per heavy atom. The van der Waals surface area contributed by atoms with Gasteiger partial charge >= 0.3 is 0 Å². The van der Waals surface area contributed by atoms with E-state index in [0.717, 1.165) is 11.5 Å². The molecule has 1 N–H and O–H groups in total. The second-order valence-corrected chi connectivity index (χ2v) is 7.11. The van der Waals surface area contributed by atoms with E-state index in [4.69, 9.17) is 46.4 Å². The maximum absolute atomic E-state index is 11.4. The monoisotopic (exact) mass is 408 g/mol. The molecule has 0 fully saturated rings. The van der Waals surface area contributed by atoms with Gasteiger partial charge in [-0.25, -0.2) is 9.67 Å². The predicted octanol–water partition coefficient (Wildman–Crippen LogP) is 4.28. The Morgan fingerprint density at radius 3 is 2.35 bits per heavy atom. The van der Waals surface area contributed by atoms with E-state index in [1.165, 1.54) is 17.3 Å². The molecule has 0 saturated carbocycles. The summed E-state index contributed by atoms with van der Waals surface area (Å²) < 4.78 is 5.46. The van der Waals surface area contributed by atoms with E-state index in [-0.39, 0.29) is 16.7 Å². The second kappa shape index (κ2) is 6.55. The normalized spacial score (nSPS) is 14.0. The van der Waals surface area contributed by atoms with Gasteiger partial charge in [-0.05, 0) is 35.3 Å². The van der Waals surface area contributed by atoms with E-state index in [1.807, 2.05) is 0 Å². The van der Waals surface area contributed by atoms with Gasteiger partial charge in [0.2, 0.25) is 0 Å². The van der Waals surface area contributed by atoms with Crippen molar-refractivity contribution < 1.29 is 5.11 Å². The van der Waals surface area contributed by atoms with E-state index in [1.54, 1.807) is 18.2 Å². The molecular weight excluding hydrogens is 402 g/mol. The van der Waals surface area contributed by atoms with Crippen molar-refractivity contribution >= 4 is 57.9 Å². The number of halogens is 4. The molecule has 23 heavy (non-hydrogen) atoms. The van der Waals surface area contributed by atoms with Gasteiger partial charge in [0, 0.05) is 10.0 Å². The van der Waals surface area contributed by atoms with Gasteiger partial charge in [0.15, 0.2) is 5.15 Å². The van der Waals surface area contributed by atoms with Crippen molar-refractivity contribution in [3.8, 4) is 0 Å². The van der Waals surface area contributed by atoms with Gasteiger partial charge in [-0.1, -0.05) is 46.4 Å². The number of aliphatic hydroxyl groups is 1. The summed E-state index contributed by atoms with van der Waals surface area (Å²) in [6, 6.07) is 4.78. The topological polar surface area (TPSA) is 63.8 Å². The van der Waals surface area contributed by atoms with E-state index < -0.39 is 5.60 Å². The van der Waals surface area contributed by atoms with Crippen LogP contribution in [0, 0.1) is 0 Å². The lowest BCUT2D eigenvalue weighted by Gasteiger charge is -2.28. The molecule has 3 rings (SSSR count). The van der Waals surface area contributed by atoms with Crippen LogP contribution in [0.4, 0.5) is 0 Å². The van der Waals surface area contributed by atoms with E-state index in [9.17, 15) is 5.11 Å². The highest BCUT2D eigenvalue weighted by Crippen LogP contribution is 2.42. The molecule has 0 radical (unpaired) electrons. The van der Waals surface area contributed by atoms with Crippen molar-refractivity contribution in [2.24, 2.45) is 0 Å². The lowest BCUT2D eigenvalue weighted by molar-refractivity contribution is 0.0610. The number of nitrogens with zero attached hydrogens (tertiary/aromatic N) is 4. The Balaban J connectivity index is 2.18. The van der Waals surface area contributed by atoms with Crippen molar-refractivity contribution in [3.63, 3.8) is 0 Å². The fourth-order valence-corrected chi connectivity index (χ4v) is 4.06. The third-order valence-electron chi connectivity index (χ3n) is 3.17.